The number of nitrogens with one attached hydrogen (secondary N) is 2. The summed E-state index contributed by atoms with van der Waals surface area (Å²) in [4.78, 5) is 50.3. The molecule has 0 saturated heterocycles. The molecular formula is C29H29N5O5S. The van der Waals surface area contributed by atoms with E-state index < -0.39 is 29.3 Å². The number of aliphatic imine (C=N–C) groups is 1. The molecule has 2 unspecified atom stereocenters. The number of esters is 2. The number of rotatable bonds is 8. The number of nitriles is 1. The zero-order valence-corrected chi connectivity index (χ0v) is 23.6. The molecule has 2 N–H and O–H groups in total. The number of benzene rings is 1. The zero-order valence-electron chi connectivity index (χ0n) is 22.8. The average Bonchev–Trinajstić information content (AvgIpc) is 3.37. The number of ether oxygens (including phenoxy) is 2. The Labute approximate surface area is 235 Å². The van der Waals surface area contributed by atoms with Crippen LogP contribution in [-0.2, 0) is 19.1 Å². The van der Waals surface area contributed by atoms with E-state index in [1.165, 1.54) is 17.4 Å². The van der Waals surface area contributed by atoms with E-state index in [4.69, 9.17) is 9.47 Å². The third-order valence-corrected chi connectivity index (χ3v) is 7.30. The number of carbonyl (C=O) groups excluding carboxylic acids is 2. The van der Waals surface area contributed by atoms with Crippen molar-refractivity contribution in [3.63, 3.8) is 0 Å². The highest BCUT2D eigenvalue weighted by molar-refractivity contribution is 7.14. The van der Waals surface area contributed by atoms with Gasteiger partial charge in [0.1, 0.15) is 17.6 Å². The molecule has 1 aliphatic heterocycles. The van der Waals surface area contributed by atoms with Gasteiger partial charge in [-0.05, 0) is 52.3 Å². The number of H-pyrrole nitrogens is 1. The van der Waals surface area contributed by atoms with Crippen LogP contribution in [0.1, 0.15) is 50.4 Å². The van der Waals surface area contributed by atoms with Crippen LogP contribution in [0.4, 0.5) is 10.8 Å². The summed E-state index contributed by atoms with van der Waals surface area (Å²) in [5.41, 5.74) is 4.01. The number of thiazole rings is 1. The number of carbonyl (C=O) groups is 2. The maximum atomic E-state index is 13.2. The summed E-state index contributed by atoms with van der Waals surface area (Å²) < 4.78 is 10.8. The minimum absolute atomic E-state index is 0.00134. The first kappa shape index (κ1) is 28.4. The van der Waals surface area contributed by atoms with Crippen molar-refractivity contribution in [2.45, 2.75) is 40.5 Å². The van der Waals surface area contributed by atoms with Crippen LogP contribution in [0.25, 0.3) is 11.3 Å². The van der Waals surface area contributed by atoms with Gasteiger partial charge >= 0.3 is 11.9 Å². The maximum absolute atomic E-state index is 13.2. The van der Waals surface area contributed by atoms with Crippen molar-refractivity contribution < 1.29 is 19.1 Å². The topological polar surface area (TPSA) is 147 Å². The standard InChI is InChI=1S/C29H29N5O5S/c1-6-38-27(36)23-16(4)31-17(5)24(28(37)39-7-2)25(23)19-10-8-9-11-21(19)33-29-34-22(14-40-29)20-12-18(13-30)26(35)32-15(20)3/h8-12,14,23,25H,6-7H2,1-5H3,(H,32,35)(H,33,34). The number of aromatic amines is 1. The molecule has 2 aromatic heterocycles. The molecule has 1 aromatic carbocycles. The molecule has 0 radical (unpaired) electrons. The van der Waals surface area contributed by atoms with Gasteiger partial charge in [-0.15, -0.1) is 11.3 Å². The second kappa shape index (κ2) is 12.1. The van der Waals surface area contributed by atoms with Crippen molar-refractivity contribution in [2.24, 2.45) is 10.9 Å². The average molecular weight is 560 g/mol. The second-order valence-electron chi connectivity index (χ2n) is 9.09. The first-order valence-corrected chi connectivity index (χ1v) is 13.6. The number of aromatic nitrogens is 2. The minimum Gasteiger partial charge on any atom is -0.465 e. The third-order valence-electron chi connectivity index (χ3n) is 6.54. The molecule has 3 aromatic rings. The van der Waals surface area contributed by atoms with Crippen LogP contribution in [0.3, 0.4) is 0 Å². The molecule has 10 nitrogen and oxygen atoms in total. The van der Waals surface area contributed by atoms with Gasteiger partial charge in [0.25, 0.3) is 5.56 Å². The van der Waals surface area contributed by atoms with Gasteiger partial charge in [0, 0.05) is 39.7 Å². The van der Waals surface area contributed by atoms with Crippen LogP contribution in [0.2, 0.25) is 0 Å². The lowest BCUT2D eigenvalue weighted by Crippen LogP contribution is -2.36. The monoisotopic (exact) mass is 559 g/mol. The van der Waals surface area contributed by atoms with Crippen LogP contribution in [0, 0.1) is 24.2 Å². The Kier molecular flexibility index (Phi) is 8.60. The number of pyridine rings is 1. The SMILES string of the molecule is CCOC(=O)C1=C(C)N=C(C)C(C(=O)OCC)C1c1ccccc1Nc1nc(-c2cc(C#N)c(=O)[nH]c2C)cs1. The van der Waals surface area contributed by atoms with Crippen molar-refractivity contribution in [2.75, 3.05) is 18.5 Å². The predicted octanol–water partition coefficient (Wildman–Crippen LogP) is 5.00. The lowest BCUT2D eigenvalue weighted by atomic mass is 9.75. The van der Waals surface area contributed by atoms with Gasteiger partial charge in [-0.25, -0.2) is 9.78 Å². The Morgan fingerprint density at radius 3 is 2.58 bits per heavy atom. The highest BCUT2D eigenvalue weighted by Gasteiger charge is 2.43. The number of aryl methyl sites for hydroxylation is 1. The Bertz CT molecular complexity index is 1630. The Morgan fingerprint density at radius 2 is 1.88 bits per heavy atom. The Balaban J connectivity index is 1.78. The largest absolute Gasteiger partial charge is 0.465 e. The van der Waals surface area contributed by atoms with E-state index in [1.807, 2.05) is 35.7 Å². The molecule has 0 saturated carbocycles. The second-order valence-corrected chi connectivity index (χ2v) is 9.95. The lowest BCUT2D eigenvalue weighted by Gasteiger charge is -2.32. The first-order valence-electron chi connectivity index (χ1n) is 12.8. The van der Waals surface area contributed by atoms with Gasteiger partial charge < -0.3 is 19.8 Å². The van der Waals surface area contributed by atoms with Crippen LogP contribution in [0.15, 0.2) is 56.8 Å². The smallest absolute Gasteiger partial charge is 0.336 e. The Hall–Kier alpha value is -4.56. The van der Waals surface area contributed by atoms with Crippen LogP contribution < -0.4 is 10.9 Å². The molecule has 11 heteroatoms. The van der Waals surface area contributed by atoms with Gasteiger partial charge in [0.15, 0.2) is 5.13 Å². The van der Waals surface area contributed by atoms with Crippen molar-refractivity contribution in [1.82, 2.24) is 9.97 Å². The molecule has 1 aliphatic rings. The fourth-order valence-electron chi connectivity index (χ4n) is 4.81. The van der Waals surface area contributed by atoms with E-state index in [1.54, 1.807) is 34.6 Å². The van der Waals surface area contributed by atoms with Crippen LogP contribution in [-0.4, -0.2) is 40.8 Å². The number of anilines is 2. The number of hydrogen-bond donors (Lipinski definition) is 2. The molecule has 0 aliphatic carbocycles. The molecule has 0 spiro atoms. The lowest BCUT2D eigenvalue weighted by molar-refractivity contribution is -0.146. The van der Waals surface area contributed by atoms with Crippen molar-refractivity contribution in [3.8, 4) is 17.3 Å². The quantitative estimate of drug-likeness (QED) is 0.367. The predicted molar refractivity (Wildman–Crippen MR) is 153 cm³/mol. The van der Waals surface area contributed by atoms with E-state index in [9.17, 15) is 19.6 Å². The fraction of sp³-hybridized carbons (Fsp3) is 0.310. The summed E-state index contributed by atoms with van der Waals surface area (Å²) in [6.45, 7) is 9.05. The zero-order chi connectivity index (χ0) is 29.0. The number of para-hydroxylation sites is 1. The highest BCUT2D eigenvalue weighted by atomic mass is 32.1. The van der Waals surface area contributed by atoms with Crippen molar-refractivity contribution in [3.05, 3.63) is 74.2 Å². The van der Waals surface area contributed by atoms with Gasteiger partial charge in [0.2, 0.25) is 0 Å². The van der Waals surface area contributed by atoms with Crippen LogP contribution in [0.5, 0.6) is 0 Å². The van der Waals surface area contributed by atoms with E-state index in [-0.39, 0.29) is 18.8 Å². The van der Waals surface area contributed by atoms with Gasteiger partial charge in [-0.1, -0.05) is 18.2 Å². The summed E-state index contributed by atoms with van der Waals surface area (Å²) in [5, 5.41) is 15.0. The molecule has 206 valence electrons. The molecular weight excluding hydrogens is 530 g/mol. The van der Waals surface area contributed by atoms with Gasteiger partial charge in [-0.3, -0.25) is 14.6 Å². The molecule has 2 atom stereocenters. The molecule has 0 amide bonds. The summed E-state index contributed by atoms with van der Waals surface area (Å²) >= 11 is 1.34. The molecule has 3 heterocycles. The summed E-state index contributed by atoms with van der Waals surface area (Å²) in [6, 6.07) is 10.8. The van der Waals surface area contributed by atoms with E-state index in [0.717, 1.165) is 0 Å². The van der Waals surface area contributed by atoms with Gasteiger partial charge in [0.05, 0.1) is 24.5 Å². The van der Waals surface area contributed by atoms with Crippen molar-refractivity contribution in [1.29, 1.82) is 5.26 Å². The van der Waals surface area contributed by atoms with Gasteiger partial charge in [-0.2, -0.15) is 5.26 Å². The maximum Gasteiger partial charge on any atom is 0.336 e. The first-order chi connectivity index (χ1) is 19.2. The van der Waals surface area contributed by atoms with Crippen LogP contribution >= 0.6 is 11.3 Å². The Morgan fingerprint density at radius 1 is 1.15 bits per heavy atom. The highest BCUT2D eigenvalue weighted by Crippen LogP contribution is 2.43. The minimum atomic E-state index is -0.828. The number of allylic oxidation sites excluding steroid dienone is 1. The third kappa shape index (κ3) is 5.58. The fourth-order valence-corrected chi connectivity index (χ4v) is 5.53. The van der Waals surface area contributed by atoms with E-state index in [2.05, 4.69) is 20.3 Å². The molecule has 40 heavy (non-hydrogen) atoms. The van der Waals surface area contributed by atoms with E-state index >= 15 is 0 Å². The molecule has 0 fully saturated rings. The van der Waals surface area contributed by atoms with E-state index in [0.29, 0.717) is 50.3 Å². The molecule has 0 bridgehead atoms. The number of hydrogen-bond acceptors (Lipinski definition) is 10. The normalized spacial score (nSPS) is 16.6. The summed E-state index contributed by atoms with van der Waals surface area (Å²) in [7, 11) is 0. The molecule has 4 rings (SSSR count). The van der Waals surface area contributed by atoms with Crippen molar-refractivity contribution >= 4 is 39.8 Å². The summed E-state index contributed by atoms with van der Waals surface area (Å²) in [5.74, 6) is -2.55. The number of nitrogens with zero attached hydrogens (tertiary/aromatic N) is 3. The summed E-state index contributed by atoms with van der Waals surface area (Å²) in [6.07, 6.45) is 0.